The first kappa shape index (κ1) is 12.4. The lowest BCUT2D eigenvalue weighted by atomic mass is 9.95. The minimum atomic E-state index is -4.28. The van der Waals surface area contributed by atoms with Gasteiger partial charge in [-0.1, -0.05) is 12.1 Å². The Bertz CT molecular complexity index is 374. The van der Waals surface area contributed by atoms with Gasteiger partial charge >= 0.3 is 6.18 Å². The minimum Gasteiger partial charge on any atom is -0.395 e. The predicted octanol–water partition coefficient (Wildman–Crippen LogP) is 2.14. The molecule has 1 aromatic rings. The van der Waals surface area contributed by atoms with Crippen LogP contribution >= 0.6 is 0 Å². The third-order valence-electron chi connectivity index (χ3n) is 3.15. The Kier molecular flexibility index (Phi) is 3.40. The van der Waals surface area contributed by atoms with E-state index in [0.29, 0.717) is 6.54 Å². The number of alkyl halides is 3. The molecule has 1 saturated heterocycles. The Morgan fingerprint density at radius 2 is 1.88 bits per heavy atom. The van der Waals surface area contributed by atoms with Crippen molar-refractivity contribution >= 4 is 0 Å². The van der Waals surface area contributed by atoms with E-state index in [0.717, 1.165) is 24.1 Å². The molecule has 2 N–H and O–H groups in total. The molecular formula is C12H14F3NO. The second-order valence-electron chi connectivity index (χ2n) is 4.34. The number of benzene rings is 1. The summed E-state index contributed by atoms with van der Waals surface area (Å²) < 4.78 is 37.1. The fourth-order valence-corrected chi connectivity index (χ4v) is 2.16. The van der Waals surface area contributed by atoms with Crippen molar-refractivity contribution in [2.24, 2.45) is 0 Å². The van der Waals surface area contributed by atoms with Crippen LogP contribution in [0.15, 0.2) is 24.3 Å². The fourth-order valence-electron chi connectivity index (χ4n) is 2.16. The van der Waals surface area contributed by atoms with Crippen LogP contribution < -0.4 is 5.32 Å². The molecule has 2 atom stereocenters. The molecule has 0 aromatic heterocycles. The van der Waals surface area contributed by atoms with Gasteiger partial charge in [0.15, 0.2) is 0 Å². The van der Waals surface area contributed by atoms with Crippen molar-refractivity contribution in [2.45, 2.75) is 24.6 Å². The molecule has 2 nitrogen and oxygen atoms in total. The maximum absolute atomic E-state index is 12.4. The summed E-state index contributed by atoms with van der Waals surface area (Å²) in [5.74, 6) is 0.189. The first-order chi connectivity index (χ1) is 8.00. The van der Waals surface area contributed by atoms with Gasteiger partial charge in [0.2, 0.25) is 0 Å². The number of aliphatic hydroxyl groups excluding tert-OH is 1. The molecule has 1 aliphatic heterocycles. The number of nitrogens with one attached hydrogen (secondary N) is 1. The molecule has 5 heteroatoms. The van der Waals surface area contributed by atoms with E-state index < -0.39 is 11.7 Å². The van der Waals surface area contributed by atoms with Crippen molar-refractivity contribution in [3.05, 3.63) is 35.4 Å². The summed E-state index contributed by atoms with van der Waals surface area (Å²) in [5.41, 5.74) is 0.271. The molecule has 0 saturated carbocycles. The van der Waals surface area contributed by atoms with Crippen LogP contribution in [0.3, 0.4) is 0 Å². The average molecular weight is 245 g/mol. The van der Waals surface area contributed by atoms with Crippen LogP contribution in [0.2, 0.25) is 0 Å². The lowest BCUT2D eigenvalue weighted by Crippen LogP contribution is -2.24. The lowest BCUT2D eigenvalue weighted by Gasteiger charge is -2.11. The predicted molar refractivity (Wildman–Crippen MR) is 57.7 cm³/mol. The van der Waals surface area contributed by atoms with Gasteiger partial charge in [0.1, 0.15) is 0 Å². The van der Waals surface area contributed by atoms with Crippen LogP contribution in [0.1, 0.15) is 23.5 Å². The zero-order valence-corrected chi connectivity index (χ0v) is 9.17. The third kappa shape index (κ3) is 2.79. The molecule has 1 unspecified atom stereocenters. The molecule has 0 amide bonds. The highest BCUT2D eigenvalue weighted by Gasteiger charge is 2.31. The Balaban J connectivity index is 2.09. The van der Waals surface area contributed by atoms with Gasteiger partial charge in [-0.15, -0.1) is 0 Å². The van der Waals surface area contributed by atoms with E-state index in [2.05, 4.69) is 5.32 Å². The second-order valence-corrected chi connectivity index (χ2v) is 4.34. The minimum absolute atomic E-state index is 0.0577. The van der Waals surface area contributed by atoms with Crippen molar-refractivity contribution in [1.29, 1.82) is 0 Å². The summed E-state index contributed by atoms with van der Waals surface area (Å²) >= 11 is 0. The van der Waals surface area contributed by atoms with Gasteiger partial charge in [-0.25, -0.2) is 0 Å². The Morgan fingerprint density at radius 3 is 2.35 bits per heavy atom. The zero-order chi connectivity index (χ0) is 12.5. The van der Waals surface area contributed by atoms with Gasteiger partial charge in [-0.05, 0) is 30.0 Å². The molecule has 0 spiro atoms. The molecule has 0 radical (unpaired) electrons. The molecule has 2 rings (SSSR count). The number of halogens is 3. The summed E-state index contributed by atoms with van der Waals surface area (Å²) in [6.45, 7) is 0.772. The summed E-state index contributed by atoms with van der Waals surface area (Å²) in [4.78, 5) is 0. The molecule has 17 heavy (non-hydrogen) atoms. The van der Waals surface area contributed by atoms with E-state index in [1.165, 1.54) is 12.1 Å². The Morgan fingerprint density at radius 1 is 1.24 bits per heavy atom. The smallest absolute Gasteiger partial charge is 0.395 e. The molecule has 0 bridgehead atoms. The number of aliphatic hydroxyl groups is 1. The van der Waals surface area contributed by atoms with Crippen molar-refractivity contribution in [3.63, 3.8) is 0 Å². The second kappa shape index (κ2) is 4.66. The lowest BCUT2D eigenvalue weighted by molar-refractivity contribution is -0.137. The maximum Gasteiger partial charge on any atom is 0.416 e. The van der Waals surface area contributed by atoms with Crippen LogP contribution in [0.5, 0.6) is 0 Å². The highest BCUT2D eigenvalue weighted by Crippen LogP contribution is 2.31. The Labute approximate surface area is 97.5 Å². The van der Waals surface area contributed by atoms with E-state index >= 15 is 0 Å². The average Bonchev–Trinajstić information content (AvgIpc) is 2.76. The molecule has 1 fully saturated rings. The summed E-state index contributed by atoms with van der Waals surface area (Å²) in [7, 11) is 0. The van der Waals surface area contributed by atoms with Gasteiger partial charge in [-0.2, -0.15) is 13.2 Å². The van der Waals surface area contributed by atoms with Crippen molar-refractivity contribution < 1.29 is 18.3 Å². The summed E-state index contributed by atoms with van der Waals surface area (Å²) in [5, 5.41) is 12.1. The first-order valence-electron chi connectivity index (χ1n) is 5.52. The Hall–Kier alpha value is -1.07. The maximum atomic E-state index is 12.4. The zero-order valence-electron chi connectivity index (χ0n) is 9.17. The van der Waals surface area contributed by atoms with Crippen LogP contribution in [-0.4, -0.2) is 24.3 Å². The van der Waals surface area contributed by atoms with E-state index in [4.69, 9.17) is 5.11 Å². The molecule has 0 aliphatic carbocycles. The van der Waals surface area contributed by atoms with Crippen molar-refractivity contribution in [1.82, 2.24) is 5.32 Å². The van der Waals surface area contributed by atoms with Gasteiger partial charge in [0, 0.05) is 12.6 Å². The largest absolute Gasteiger partial charge is 0.416 e. The van der Waals surface area contributed by atoms with Gasteiger partial charge in [0.05, 0.1) is 12.2 Å². The first-order valence-corrected chi connectivity index (χ1v) is 5.52. The number of hydrogen-bond donors (Lipinski definition) is 2. The van der Waals surface area contributed by atoms with Gasteiger partial charge < -0.3 is 10.4 Å². The van der Waals surface area contributed by atoms with Crippen LogP contribution in [0, 0.1) is 0 Å². The van der Waals surface area contributed by atoms with Crippen molar-refractivity contribution in [2.75, 3.05) is 13.2 Å². The molecule has 1 heterocycles. The molecule has 1 aliphatic rings. The van der Waals surface area contributed by atoms with Crippen LogP contribution in [-0.2, 0) is 6.18 Å². The van der Waals surface area contributed by atoms with E-state index in [-0.39, 0.29) is 18.6 Å². The quantitative estimate of drug-likeness (QED) is 0.836. The summed E-state index contributed by atoms with van der Waals surface area (Å²) in [6, 6.07) is 5.33. The van der Waals surface area contributed by atoms with E-state index in [9.17, 15) is 13.2 Å². The van der Waals surface area contributed by atoms with Crippen LogP contribution in [0.25, 0.3) is 0 Å². The fraction of sp³-hybridized carbons (Fsp3) is 0.500. The topological polar surface area (TPSA) is 32.3 Å². The number of rotatable bonds is 2. The molecular weight excluding hydrogens is 231 g/mol. The highest BCUT2D eigenvalue weighted by atomic mass is 19.4. The molecule has 1 aromatic carbocycles. The highest BCUT2D eigenvalue weighted by molar-refractivity contribution is 5.28. The van der Waals surface area contributed by atoms with E-state index in [1.807, 2.05) is 0 Å². The monoisotopic (exact) mass is 245 g/mol. The molecule has 94 valence electrons. The SMILES string of the molecule is OC[C@@H]1CC(c2ccc(C(F)(F)F)cc2)CN1. The number of hydrogen-bond acceptors (Lipinski definition) is 2. The summed E-state index contributed by atoms with van der Waals surface area (Å²) in [6.07, 6.45) is -3.51. The van der Waals surface area contributed by atoms with Gasteiger partial charge in [-0.3, -0.25) is 0 Å². The van der Waals surface area contributed by atoms with Crippen LogP contribution in [0.4, 0.5) is 13.2 Å². The van der Waals surface area contributed by atoms with Gasteiger partial charge in [0.25, 0.3) is 0 Å². The van der Waals surface area contributed by atoms with E-state index in [1.54, 1.807) is 0 Å². The normalized spacial score (nSPS) is 25.2. The van der Waals surface area contributed by atoms with Crippen molar-refractivity contribution in [3.8, 4) is 0 Å². The third-order valence-corrected chi connectivity index (χ3v) is 3.15. The standard InChI is InChI=1S/C12H14F3NO/c13-12(14,15)10-3-1-8(2-4-10)9-5-11(7-17)16-6-9/h1-4,9,11,16-17H,5-7H2/t9?,11-/m0/s1.